The van der Waals surface area contributed by atoms with Gasteiger partial charge in [0.15, 0.2) is 5.82 Å². The van der Waals surface area contributed by atoms with Crippen LogP contribution >= 0.6 is 22.9 Å². The predicted molar refractivity (Wildman–Crippen MR) is 152 cm³/mol. The van der Waals surface area contributed by atoms with Gasteiger partial charge in [-0.05, 0) is 86.2 Å². The zero-order chi connectivity index (χ0) is 27.4. The Morgan fingerprint density at radius 3 is 2.62 bits per heavy atom. The van der Waals surface area contributed by atoms with Crippen LogP contribution in [-0.2, 0) is 19.3 Å². The fourth-order valence-electron chi connectivity index (χ4n) is 6.61. The number of nitrogens with zero attached hydrogens (tertiary/aromatic N) is 3. The summed E-state index contributed by atoms with van der Waals surface area (Å²) in [5.74, 6) is -0.271. The highest BCUT2D eigenvalue weighted by Crippen LogP contribution is 2.48. The molecule has 1 saturated heterocycles. The second kappa shape index (κ2) is 10.0. The van der Waals surface area contributed by atoms with E-state index in [9.17, 15) is 14.9 Å². The minimum atomic E-state index is -0.625. The Bertz CT molecular complexity index is 1740. The van der Waals surface area contributed by atoms with Crippen LogP contribution < -0.4 is 11.1 Å². The zero-order valence-corrected chi connectivity index (χ0v) is 23.0. The average molecular weight is 562 g/mol. The van der Waals surface area contributed by atoms with Crippen molar-refractivity contribution in [2.24, 2.45) is 11.8 Å². The van der Waals surface area contributed by atoms with E-state index >= 15 is 4.39 Å². The van der Waals surface area contributed by atoms with Gasteiger partial charge in [-0.1, -0.05) is 24.6 Å². The first-order valence-corrected chi connectivity index (χ1v) is 14.5. The number of nitriles is 2. The van der Waals surface area contributed by atoms with Crippen molar-refractivity contribution >= 4 is 48.9 Å². The Labute approximate surface area is 234 Å². The van der Waals surface area contributed by atoms with Crippen LogP contribution in [0.3, 0.4) is 0 Å². The van der Waals surface area contributed by atoms with Crippen LogP contribution in [0.1, 0.15) is 54.1 Å². The molecule has 0 radical (unpaired) electrons. The van der Waals surface area contributed by atoms with Crippen LogP contribution in [0.15, 0.2) is 12.1 Å². The minimum Gasteiger partial charge on any atom is -0.389 e. The van der Waals surface area contributed by atoms with Gasteiger partial charge in [-0.25, -0.2) is 13.8 Å². The molecule has 1 aliphatic carbocycles. The summed E-state index contributed by atoms with van der Waals surface area (Å²) in [6.45, 7) is 3.85. The van der Waals surface area contributed by atoms with Gasteiger partial charge in [-0.3, -0.25) is 0 Å². The summed E-state index contributed by atoms with van der Waals surface area (Å²) >= 11 is 8.03. The second-order valence-corrected chi connectivity index (χ2v) is 11.9. The quantitative estimate of drug-likeness (QED) is 0.279. The molecule has 0 spiro atoms. The van der Waals surface area contributed by atoms with E-state index in [2.05, 4.69) is 17.5 Å². The first kappa shape index (κ1) is 26.0. The van der Waals surface area contributed by atoms with Crippen LogP contribution in [0.4, 0.5) is 13.8 Å². The molecule has 3 N–H and O–H groups in total. The topological polar surface area (TPSA) is 98.5 Å². The minimum absolute atomic E-state index is 0.0980. The zero-order valence-electron chi connectivity index (χ0n) is 21.4. The van der Waals surface area contributed by atoms with Crippen LogP contribution in [0.2, 0.25) is 5.02 Å². The Morgan fingerprint density at radius 2 is 1.92 bits per heavy atom. The number of nitrogens with two attached hydrogens (primary N) is 1. The van der Waals surface area contributed by atoms with Crippen LogP contribution in [0, 0.1) is 46.1 Å². The molecule has 2 aromatic carbocycles. The number of thiophene rings is 1. The number of pyridine rings is 1. The lowest BCUT2D eigenvalue weighted by atomic mass is 9.77. The van der Waals surface area contributed by atoms with Gasteiger partial charge in [0.1, 0.15) is 28.5 Å². The number of aromatic nitrogens is 1. The summed E-state index contributed by atoms with van der Waals surface area (Å²) in [5, 5.41) is 24.8. The summed E-state index contributed by atoms with van der Waals surface area (Å²) in [6, 6.07) is 7.16. The van der Waals surface area contributed by atoms with E-state index in [1.807, 2.05) is 6.92 Å². The summed E-state index contributed by atoms with van der Waals surface area (Å²) in [6.07, 6.45) is 4.69. The fourth-order valence-corrected chi connectivity index (χ4v) is 7.93. The highest BCUT2D eigenvalue weighted by atomic mass is 35.5. The van der Waals surface area contributed by atoms with E-state index in [0.29, 0.717) is 53.3 Å². The summed E-state index contributed by atoms with van der Waals surface area (Å²) in [7, 11) is 0. The monoisotopic (exact) mass is 561 g/mol. The van der Waals surface area contributed by atoms with Gasteiger partial charge >= 0.3 is 0 Å². The van der Waals surface area contributed by atoms with Gasteiger partial charge in [-0.2, -0.15) is 10.5 Å². The Morgan fingerprint density at radius 1 is 1.13 bits per heavy atom. The third-order valence-electron chi connectivity index (χ3n) is 8.47. The number of rotatable bonds is 3. The summed E-state index contributed by atoms with van der Waals surface area (Å²) < 4.78 is 31.7. The van der Waals surface area contributed by atoms with E-state index in [1.54, 1.807) is 0 Å². The first-order chi connectivity index (χ1) is 18.9. The van der Waals surface area contributed by atoms with Gasteiger partial charge in [0, 0.05) is 16.3 Å². The molecule has 0 bridgehead atoms. The van der Waals surface area contributed by atoms with E-state index in [0.717, 1.165) is 54.8 Å². The van der Waals surface area contributed by atoms with Crippen LogP contribution in [0.5, 0.6) is 0 Å². The number of nitrogens with one attached hydrogen (secondary N) is 1. The maximum Gasteiger partial charge on any atom is 0.158 e. The van der Waals surface area contributed by atoms with E-state index in [1.165, 1.54) is 12.1 Å². The molecule has 198 valence electrons. The standard InChI is InChI=1S/C30H26ClF2N5S/c1-2-22-19(11-34)18-10-14(15-8-9-37-13-15)4-3-5-17-23(18)28(38-22)27(33)25(26(17)31)16-6-7-21(32)29-24(16)20(12-35)30(36)39-29/h6-7,14-15,37H,2-5,8-10,13,36H2,1H3. The molecule has 1 aliphatic heterocycles. The summed E-state index contributed by atoms with van der Waals surface area (Å²) in [5.41, 5.74) is 9.44. The Balaban J connectivity index is 1.70. The molecule has 2 unspecified atom stereocenters. The molecule has 3 heterocycles. The van der Waals surface area contributed by atoms with Gasteiger partial charge < -0.3 is 11.1 Å². The number of aryl methyl sites for hydroxylation is 2. The van der Waals surface area contributed by atoms with Crippen LogP contribution in [0.25, 0.3) is 32.1 Å². The number of fused-ring (bicyclic) bond motifs is 1. The molecule has 2 atom stereocenters. The first-order valence-electron chi connectivity index (χ1n) is 13.3. The van der Waals surface area contributed by atoms with Crippen molar-refractivity contribution in [1.29, 1.82) is 10.5 Å². The molecule has 2 aliphatic rings. The average Bonchev–Trinajstić information content (AvgIpc) is 3.57. The van der Waals surface area contributed by atoms with E-state index in [-0.39, 0.29) is 36.8 Å². The molecule has 0 amide bonds. The van der Waals surface area contributed by atoms with Gasteiger partial charge in [0.2, 0.25) is 0 Å². The lowest BCUT2D eigenvalue weighted by Crippen LogP contribution is -2.23. The predicted octanol–water partition coefficient (Wildman–Crippen LogP) is 7.04. The number of nitrogen functional groups attached to an aromatic ring is 1. The fraction of sp³-hybridized carbons (Fsp3) is 0.367. The number of benzene rings is 2. The van der Waals surface area contributed by atoms with E-state index < -0.39 is 11.6 Å². The third-order valence-corrected chi connectivity index (χ3v) is 9.91. The number of hydrogen-bond donors (Lipinski definition) is 2. The number of anilines is 1. The third kappa shape index (κ3) is 3.97. The molecule has 5 nitrogen and oxygen atoms in total. The van der Waals surface area contributed by atoms with Crippen LogP contribution in [-0.4, -0.2) is 18.1 Å². The molecular weight excluding hydrogens is 536 g/mol. The summed E-state index contributed by atoms with van der Waals surface area (Å²) in [4.78, 5) is 4.71. The smallest absolute Gasteiger partial charge is 0.158 e. The van der Waals surface area contributed by atoms with Gasteiger partial charge in [0.05, 0.1) is 26.5 Å². The highest BCUT2D eigenvalue weighted by Gasteiger charge is 2.33. The van der Waals surface area contributed by atoms with Crippen molar-refractivity contribution in [3.63, 3.8) is 0 Å². The number of hydrogen-bond acceptors (Lipinski definition) is 6. The Kier molecular flexibility index (Phi) is 6.67. The second-order valence-electron chi connectivity index (χ2n) is 10.4. The van der Waals surface area contributed by atoms with Crippen molar-refractivity contribution < 1.29 is 8.78 Å². The highest BCUT2D eigenvalue weighted by molar-refractivity contribution is 7.23. The van der Waals surface area contributed by atoms with Crippen molar-refractivity contribution in [2.75, 3.05) is 18.8 Å². The number of halogens is 3. The maximum absolute atomic E-state index is 16.7. The molecule has 9 heteroatoms. The molecule has 0 saturated carbocycles. The largest absolute Gasteiger partial charge is 0.389 e. The van der Waals surface area contributed by atoms with Gasteiger partial charge in [-0.15, -0.1) is 11.3 Å². The lowest BCUT2D eigenvalue weighted by Gasteiger charge is -2.29. The van der Waals surface area contributed by atoms with Gasteiger partial charge in [0.25, 0.3) is 0 Å². The van der Waals surface area contributed by atoms with Crippen molar-refractivity contribution in [3.05, 3.63) is 56.7 Å². The molecule has 39 heavy (non-hydrogen) atoms. The van der Waals surface area contributed by atoms with E-state index in [4.69, 9.17) is 22.3 Å². The molecule has 1 fully saturated rings. The SMILES string of the molecule is CCc1nc2c(F)c(-c3ccc(F)c4sc(N)c(C#N)c34)c(Cl)c3c2c(c1C#N)CC(C1CCNC1)CCC3. The maximum atomic E-state index is 16.7. The van der Waals surface area contributed by atoms with Crippen molar-refractivity contribution in [2.45, 2.75) is 45.4 Å². The van der Waals surface area contributed by atoms with Crippen molar-refractivity contribution in [1.82, 2.24) is 10.3 Å². The molecule has 4 aromatic rings. The normalized spacial score (nSPS) is 19.1. The molecule has 2 aromatic heterocycles. The lowest BCUT2D eigenvalue weighted by molar-refractivity contribution is 0.324. The molecular formula is C30H26ClF2N5S. The van der Waals surface area contributed by atoms with Crippen molar-refractivity contribution in [3.8, 4) is 23.3 Å². The Hall–Kier alpha value is -3.30. The molecule has 6 rings (SSSR count).